The van der Waals surface area contributed by atoms with E-state index < -0.39 is 0 Å². The van der Waals surface area contributed by atoms with Gasteiger partial charge in [0.2, 0.25) is 0 Å². The lowest BCUT2D eigenvalue weighted by atomic mass is 9.96. The number of ether oxygens (including phenoxy) is 1. The zero-order valence-electron chi connectivity index (χ0n) is 15.8. The first-order valence-corrected chi connectivity index (χ1v) is 9.58. The van der Waals surface area contributed by atoms with E-state index in [-0.39, 0.29) is 0 Å². The SMILES string of the molecule is Cc1cc(-c2[nH]c3ccc(OC4CCNCC4)cc3c2C(C)C)ccn1. The van der Waals surface area contributed by atoms with Crippen LogP contribution in [0.15, 0.2) is 36.5 Å². The van der Waals surface area contributed by atoms with Crippen molar-refractivity contribution in [3.05, 3.63) is 47.8 Å². The molecule has 0 amide bonds. The molecule has 26 heavy (non-hydrogen) atoms. The van der Waals surface area contributed by atoms with Gasteiger partial charge >= 0.3 is 0 Å². The van der Waals surface area contributed by atoms with Crippen LogP contribution in [0.5, 0.6) is 5.75 Å². The number of fused-ring (bicyclic) bond motifs is 1. The molecule has 0 unspecified atom stereocenters. The number of aryl methyl sites for hydroxylation is 1. The first-order valence-electron chi connectivity index (χ1n) is 9.58. The summed E-state index contributed by atoms with van der Waals surface area (Å²) in [7, 11) is 0. The first kappa shape index (κ1) is 17.1. The molecule has 2 N–H and O–H groups in total. The van der Waals surface area contributed by atoms with E-state index in [0.29, 0.717) is 12.0 Å². The maximum absolute atomic E-state index is 6.27. The summed E-state index contributed by atoms with van der Waals surface area (Å²) in [5.74, 6) is 1.39. The van der Waals surface area contributed by atoms with Crippen molar-refractivity contribution in [2.24, 2.45) is 0 Å². The molecule has 4 rings (SSSR count). The average Bonchev–Trinajstić information content (AvgIpc) is 3.01. The third-order valence-corrected chi connectivity index (χ3v) is 5.16. The molecule has 136 valence electrons. The van der Waals surface area contributed by atoms with Gasteiger partial charge in [0.1, 0.15) is 11.9 Å². The molecule has 0 spiro atoms. The van der Waals surface area contributed by atoms with Gasteiger partial charge in [0.25, 0.3) is 0 Å². The summed E-state index contributed by atoms with van der Waals surface area (Å²) < 4.78 is 6.27. The zero-order chi connectivity index (χ0) is 18.1. The van der Waals surface area contributed by atoms with Crippen molar-refractivity contribution in [2.45, 2.75) is 45.6 Å². The van der Waals surface area contributed by atoms with Gasteiger partial charge in [0.05, 0.1) is 5.69 Å². The van der Waals surface area contributed by atoms with Crippen molar-refractivity contribution in [3.63, 3.8) is 0 Å². The molecular formula is C22H27N3O. The van der Waals surface area contributed by atoms with Crippen LogP contribution in [-0.4, -0.2) is 29.2 Å². The molecule has 1 aromatic carbocycles. The molecule has 0 radical (unpaired) electrons. The Hall–Kier alpha value is -2.33. The summed E-state index contributed by atoms with van der Waals surface area (Å²) in [5, 5.41) is 4.65. The van der Waals surface area contributed by atoms with Gasteiger partial charge in [0, 0.05) is 28.4 Å². The predicted molar refractivity (Wildman–Crippen MR) is 107 cm³/mol. The number of hydrogen-bond donors (Lipinski definition) is 2. The number of piperidine rings is 1. The summed E-state index contributed by atoms with van der Waals surface area (Å²) in [6.07, 6.45) is 4.34. The predicted octanol–water partition coefficient (Wildman–Crippen LogP) is 4.79. The van der Waals surface area contributed by atoms with Crippen LogP contribution >= 0.6 is 0 Å². The van der Waals surface area contributed by atoms with Crippen molar-refractivity contribution in [2.75, 3.05) is 13.1 Å². The van der Waals surface area contributed by atoms with Crippen molar-refractivity contribution in [3.8, 4) is 17.0 Å². The molecule has 4 heteroatoms. The normalized spacial score (nSPS) is 15.7. The Labute approximate surface area is 155 Å². The number of pyridine rings is 1. The number of aromatic amines is 1. The summed E-state index contributed by atoms with van der Waals surface area (Å²) in [6, 6.07) is 10.7. The van der Waals surface area contributed by atoms with E-state index in [1.807, 2.05) is 13.1 Å². The summed E-state index contributed by atoms with van der Waals surface area (Å²) in [6.45, 7) is 8.62. The Morgan fingerprint density at radius 3 is 2.65 bits per heavy atom. The van der Waals surface area contributed by atoms with Crippen LogP contribution in [0.3, 0.4) is 0 Å². The molecule has 1 aliphatic heterocycles. The van der Waals surface area contributed by atoms with E-state index in [2.05, 4.69) is 59.5 Å². The van der Waals surface area contributed by atoms with E-state index in [1.165, 1.54) is 22.2 Å². The lowest BCUT2D eigenvalue weighted by Crippen LogP contribution is -2.34. The van der Waals surface area contributed by atoms with Gasteiger partial charge < -0.3 is 15.0 Å². The summed E-state index contributed by atoms with van der Waals surface area (Å²) in [5.41, 5.74) is 5.93. The first-order chi connectivity index (χ1) is 12.6. The molecule has 0 aliphatic carbocycles. The Balaban J connectivity index is 1.75. The molecule has 0 bridgehead atoms. The molecule has 0 atom stereocenters. The molecule has 1 saturated heterocycles. The number of H-pyrrole nitrogens is 1. The van der Waals surface area contributed by atoms with E-state index in [4.69, 9.17) is 4.74 Å². The largest absolute Gasteiger partial charge is 0.490 e. The van der Waals surface area contributed by atoms with Crippen LogP contribution in [0.1, 0.15) is 43.9 Å². The van der Waals surface area contributed by atoms with E-state index >= 15 is 0 Å². The van der Waals surface area contributed by atoms with Crippen molar-refractivity contribution >= 4 is 10.9 Å². The van der Waals surface area contributed by atoms with Crippen LogP contribution in [0.2, 0.25) is 0 Å². The second-order valence-corrected chi connectivity index (χ2v) is 7.53. The Morgan fingerprint density at radius 1 is 1.12 bits per heavy atom. The van der Waals surface area contributed by atoms with Crippen LogP contribution in [0.4, 0.5) is 0 Å². The fourth-order valence-electron chi connectivity index (χ4n) is 3.90. The molecule has 1 fully saturated rings. The summed E-state index contributed by atoms with van der Waals surface area (Å²) in [4.78, 5) is 7.96. The van der Waals surface area contributed by atoms with Crippen LogP contribution < -0.4 is 10.1 Å². The van der Waals surface area contributed by atoms with E-state index in [1.54, 1.807) is 0 Å². The fourth-order valence-corrected chi connectivity index (χ4v) is 3.90. The standard InChI is InChI=1S/C22H27N3O/c1-14(2)21-19-13-18(26-17-7-9-23-10-8-17)4-5-20(19)25-22(21)16-6-11-24-15(3)12-16/h4-6,11-14,17,23,25H,7-10H2,1-3H3. The molecule has 0 saturated carbocycles. The zero-order valence-corrected chi connectivity index (χ0v) is 15.8. The smallest absolute Gasteiger partial charge is 0.120 e. The van der Waals surface area contributed by atoms with Gasteiger partial charge in [-0.05, 0) is 74.7 Å². The quantitative estimate of drug-likeness (QED) is 0.712. The molecule has 3 aromatic rings. The highest BCUT2D eigenvalue weighted by Gasteiger charge is 2.19. The molecule has 4 nitrogen and oxygen atoms in total. The van der Waals surface area contributed by atoms with E-state index in [9.17, 15) is 0 Å². The number of nitrogens with zero attached hydrogens (tertiary/aromatic N) is 1. The maximum atomic E-state index is 6.27. The Morgan fingerprint density at radius 2 is 1.92 bits per heavy atom. The van der Waals surface area contributed by atoms with Crippen LogP contribution in [0, 0.1) is 6.92 Å². The number of rotatable bonds is 4. The highest BCUT2D eigenvalue weighted by molar-refractivity contribution is 5.92. The van der Waals surface area contributed by atoms with Gasteiger partial charge in [-0.3, -0.25) is 4.98 Å². The Bertz CT molecular complexity index is 907. The van der Waals surface area contributed by atoms with Crippen molar-refractivity contribution < 1.29 is 4.74 Å². The topological polar surface area (TPSA) is 49.9 Å². The van der Waals surface area contributed by atoms with Crippen molar-refractivity contribution in [1.82, 2.24) is 15.3 Å². The molecule has 3 heterocycles. The maximum Gasteiger partial charge on any atom is 0.120 e. The van der Waals surface area contributed by atoms with Crippen LogP contribution in [-0.2, 0) is 0 Å². The lowest BCUT2D eigenvalue weighted by Gasteiger charge is -2.23. The Kier molecular flexibility index (Phi) is 4.68. The van der Waals surface area contributed by atoms with E-state index in [0.717, 1.165) is 42.9 Å². The highest BCUT2D eigenvalue weighted by Crippen LogP contribution is 2.37. The monoisotopic (exact) mass is 349 g/mol. The minimum absolute atomic E-state index is 0.317. The van der Waals surface area contributed by atoms with Crippen molar-refractivity contribution in [1.29, 1.82) is 0 Å². The van der Waals surface area contributed by atoms with Crippen LogP contribution in [0.25, 0.3) is 22.2 Å². The molecule has 2 aromatic heterocycles. The minimum Gasteiger partial charge on any atom is -0.490 e. The average molecular weight is 349 g/mol. The third kappa shape index (κ3) is 3.34. The lowest BCUT2D eigenvalue weighted by molar-refractivity contribution is 0.162. The number of benzene rings is 1. The minimum atomic E-state index is 0.317. The van der Waals surface area contributed by atoms with Gasteiger partial charge in [-0.2, -0.15) is 0 Å². The molecular weight excluding hydrogens is 322 g/mol. The highest BCUT2D eigenvalue weighted by atomic mass is 16.5. The van der Waals surface area contributed by atoms with Gasteiger partial charge in [-0.1, -0.05) is 13.8 Å². The number of nitrogens with one attached hydrogen (secondary N) is 2. The number of aromatic nitrogens is 2. The second kappa shape index (κ2) is 7.12. The summed E-state index contributed by atoms with van der Waals surface area (Å²) >= 11 is 0. The number of hydrogen-bond acceptors (Lipinski definition) is 3. The van der Waals surface area contributed by atoms with Gasteiger partial charge in [0.15, 0.2) is 0 Å². The third-order valence-electron chi connectivity index (χ3n) is 5.16. The van der Waals surface area contributed by atoms with Gasteiger partial charge in [-0.25, -0.2) is 0 Å². The van der Waals surface area contributed by atoms with Gasteiger partial charge in [-0.15, -0.1) is 0 Å². The fraction of sp³-hybridized carbons (Fsp3) is 0.409. The molecule has 1 aliphatic rings. The second-order valence-electron chi connectivity index (χ2n) is 7.53.